The number of hydrogen-bond donors (Lipinski definition) is 1. The molecule has 17 heavy (non-hydrogen) atoms. The summed E-state index contributed by atoms with van der Waals surface area (Å²) in [5.41, 5.74) is 6.60. The van der Waals surface area contributed by atoms with Crippen LogP contribution in [-0.2, 0) is 0 Å². The Labute approximate surface area is 100 Å². The van der Waals surface area contributed by atoms with Gasteiger partial charge in [0.25, 0.3) is 0 Å². The molecule has 0 aliphatic carbocycles. The summed E-state index contributed by atoms with van der Waals surface area (Å²) in [6.45, 7) is 1.96. The lowest BCUT2D eigenvalue weighted by Crippen LogP contribution is -1.95. The summed E-state index contributed by atoms with van der Waals surface area (Å²) in [7, 11) is 1.61. The molecule has 0 spiro atoms. The fourth-order valence-corrected chi connectivity index (χ4v) is 1.57. The number of pyridine rings is 1. The van der Waals surface area contributed by atoms with E-state index >= 15 is 0 Å². The molecule has 0 radical (unpaired) electrons. The molecule has 0 bridgehead atoms. The maximum atomic E-state index is 5.65. The molecular formula is C13H14N2O2. The molecule has 2 rings (SSSR count). The van der Waals surface area contributed by atoms with Crippen LogP contribution in [0.15, 0.2) is 36.4 Å². The van der Waals surface area contributed by atoms with Crippen LogP contribution in [-0.4, -0.2) is 12.1 Å². The largest absolute Gasteiger partial charge is 0.493 e. The number of methoxy groups -OCH3 is 1. The van der Waals surface area contributed by atoms with Gasteiger partial charge in [0.05, 0.1) is 7.11 Å². The summed E-state index contributed by atoms with van der Waals surface area (Å²) < 4.78 is 10.9. The molecule has 88 valence electrons. The van der Waals surface area contributed by atoms with E-state index in [-0.39, 0.29) is 0 Å². The number of aromatic nitrogens is 1. The van der Waals surface area contributed by atoms with Crippen molar-refractivity contribution in [3.63, 3.8) is 0 Å². The first-order valence-corrected chi connectivity index (χ1v) is 5.24. The number of rotatable bonds is 3. The average molecular weight is 230 g/mol. The Bertz CT molecular complexity index is 527. The predicted octanol–water partition coefficient (Wildman–Crippen LogP) is 2.77. The highest BCUT2D eigenvalue weighted by atomic mass is 16.5. The van der Waals surface area contributed by atoms with Crippen LogP contribution >= 0.6 is 0 Å². The Hall–Kier alpha value is -2.23. The molecule has 0 saturated heterocycles. The molecule has 0 aliphatic heterocycles. The standard InChI is InChI=1S/C13H14N2O2/c1-9-5-3-6-10(13(9)16-2)17-12-8-4-7-11(14)15-12/h3-8H,1-2H3,(H2,14,15). The zero-order valence-corrected chi connectivity index (χ0v) is 9.81. The summed E-state index contributed by atoms with van der Waals surface area (Å²) >= 11 is 0. The highest BCUT2D eigenvalue weighted by Crippen LogP contribution is 2.33. The Balaban J connectivity index is 2.33. The summed E-state index contributed by atoms with van der Waals surface area (Å²) in [6, 6.07) is 10.9. The lowest BCUT2D eigenvalue weighted by atomic mass is 10.2. The molecule has 0 unspecified atom stereocenters. The van der Waals surface area contributed by atoms with Crippen molar-refractivity contribution in [3.05, 3.63) is 42.0 Å². The van der Waals surface area contributed by atoms with Crippen LogP contribution in [0.3, 0.4) is 0 Å². The highest BCUT2D eigenvalue weighted by Gasteiger charge is 2.08. The van der Waals surface area contributed by atoms with Gasteiger partial charge in [-0.25, -0.2) is 0 Å². The maximum Gasteiger partial charge on any atom is 0.221 e. The van der Waals surface area contributed by atoms with Crippen molar-refractivity contribution in [2.75, 3.05) is 12.8 Å². The molecule has 0 amide bonds. The van der Waals surface area contributed by atoms with E-state index in [1.54, 1.807) is 25.3 Å². The summed E-state index contributed by atoms with van der Waals surface area (Å²) in [4.78, 5) is 4.07. The lowest BCUT2D eigenvalue weighted by molar-refractivity contribution is 0.372. The zero-order chi connectivity index (χ0) is 12.3. The highest BCUT2D eigenvalue weighted by molar-refractivity contribution is 5.47. The van der Waals surface area contributed by atoms with Gasteiger partial charge >= 0.3 is 0 Å². The first kappa shape index (κ1) is 11.3. The minimum atomic E-state index is 0.425. The number of nitrogen functional groups attached to an aromatic ring is 1. The van der Waals surface area contributed by atoms with E-state index in [1.807, 2.05) is 25.1 Å². The quantitative estimate of drug-likeness (QED) is 0.880. The Morgan fingerprint density at radius 3 is 2.59 bits per heavy atom. The van der Waals surface area contributed by atoms with Gasteiger partial charge in [-0.05, 0) is 24.6 Å². The normalized spacial score (nSPS) is 10.0. The van der Waals surface area contributed by atoms with E-state index in [2.05, 4.69) is 4.98 Å². The predicted molar refractivity (Wildman–Crippen MR) is 66.5 cm³/mol. The molecule has 0 atom stereocenters. The van der Waals surface area contributed by atoms with Crippen molar-refractivity contribution < 1.29 is 9.47 Å². The third-order valence-corrected chi connectivity index (χ3v) is 2.34. The second kappa shape index (κ2) is 4.74. The maximum absolute atomic E-state index is 5.65. The van der Waals surface area contributed by atoms with Gasteiger partial charge in [0.15, 0.2) is 11.5 Å². The summed E-state index contributed by atoms with van der Waals surface area (Å²) in [5, 5.41) is 0. The number of aryl methyl sites for hydroxylation is 1. The number of para-hydroxylation sites is 1. The van der Waals surface area contributed by atoms with Gasteiger partial charge in [0.1, 0.15) is 5.82 Å². The topological polar surface area (TPSA) is 57.4 Å². The van der Waals surface area contributed by atoms with Crippen molar-refractivity contribution in [1.29, 1.82) is 0 Å². The zero-order valence-electron chi connectivity index (χ0n) is 9.81. The van der Waals surface area contributed by atoms with Crippen molar-refractivity contribution >= 4 is 5.82 Å². The molecule has 4 heteroatoms. The average Bonchev–Trinajstić information content (AvgIpc) is 2.29. The first-order valence-electron chi connectivity index (χ1n) is 5.24. The minimum Gasteiger partial charge on any atom is -0.493 e. The SMILES string of the molecule is COc1c(C)cccc1Oc1cccc(N)n1. The van der Waals surface area contributed by atoms with E-state index in [0.717, 1.165) is 5.56 Å². The van der Waals surface area contributed by atoms with Gasteiger partial charge in [-0.15, -0.1) is 0 Å². The molecule has 2 N–H and O–H groups in total. The molecular weight excluding hydrogens is 216 g/mol. The van der Waals surface area contributed by atoms with Gasteiger partial charge in [-0.1, -0.05) is 18.2 Å². The first-order chi connectivity index (χ1) is 8.20. The second-order valence-electron chi connectivity index (χ2n) is 3.61. The van der Waals surface area contributed by atoms with Gasteiger partial charge in [0, 0.05) is 6.07 Å². The molecule has 2 aromatic rings. The van der Waals surface area contributed by atoms with Crippen molar-refractivity contribution in [1.82, 2.24) is 4.98 Å². The van der Waals surface area contributed by atoms with Crippen molar-refractivity contribution in [2.24, 2.45) is 0 Å². The molecule has 1 heterocycles. The van der Waals surface area contributed by atoms with E-state index in [1.165, 1.54) is 0 Å². The second-order valence-corrected chi connectivity index (χ2v) is 3.61. The fraction of sp³-hybridized carbons (Fsp3) is 0.154. The smallest absolute Gasteiger partial charge is 0.221 e. The van der Waals surface area contributed by atoms with E-state index in [0.29, 0.717) is 23.2 Å². The summed E-state index contributed by atoms with van der Waals surface area (Å²) in [5.74, 6) is 2.21. The number of anilines is 1. The van der Waals surface area contributed by atoms with Gasteiger partial charge in [-0.3, -0.25) is 0 Å². The lowest BCUT2D eigenvalue weighted by Gasteiger charge is -2.11. The van der Waals surface area contributed by atoms with Crippen LogP contribution in [0.1, 0.15) is 5.56 Å². The fourth-order valence-electron chi connectivity index (χ4n) is 1.57. The number of nitrogens with two attached hydrogens (primary N) is 1. The Morgan fingerprint density at radius 2 is 1.88 bits per heavy atom. The third kappa shape index (κ3) is 2.47. The van der Waals surface area contributed by atoms with Crippen LogP contribution in [0.4, 0.5) is 5.82 Å². The summed E-state index contributed by atoms with van der Waals surface area (Å²) in [6.07, 6.45) is 0. The van der Waals surface area contributed by atoms with Crippen LogP contribution in [0.5, 0.6) is 17.4 Å². The number of benzene rings is 1. The van der Waals surface area contributed by atoms with Gasteiger partial charge in [-0.2, -0.15) is 4.98 Å². The van der Waals surface area contributed by atoms with Crippen LogP contribution in [0.25, 0.3) is 0 Å². The van der Waals surface area contributed by atoms with Gasteiger partial charge in [0.2, 0.25) is 5.88 Å². The molecule has 4 nitrogen and oxygen atoms in total. The third-order valence-electron chi connectivity index (χ3n) is 2.34. The number of nitrogens with zero attached hydrogens (tertiary/aromatic N) is 1. The van der Waals surface area contributed by atoms with E-state index in [4.69, 9.17) is 15.2 Å². The van der Waals surface area contributed by atoms with E-state index in [9.17, 15) is 0 Å². The Morgan fingerprint density at radius 1 is 1.12 bits per heavy atom. The van der Waals surface area contributed by atoms with Crippen molar-refractivity contribution in [2.45, 2.75) is 6.92 Å². The molecule has 0 aliphatic rings. The molecule has 1 aromatic carbocycles. The Kier molecular flexibility index (Phi) is 3.14. The minimum absolute atomic E-state index is 0.425. The molecule has 0 saturated carbocycles. The molecule has 1 aromatic heterocycles. The van der Waals surface area contributed by atoms with Crippen LogP contribution in [0, 0.1) is 6.92 Å². The van der Waals surface area contributed by atoms with E-state index < -0.39 is 0 Å². The van der Waals surface area contributed by atoms with Gasteiger partial charge < -0.3 is 15.2 Å². The van der Waals surface area contributed by atoms with Crippen molar-refractivity contribution in [3.8, 4) is 17.4 Å². The monoisotopic (exact) mass is 230 g/mol. The number of ether oxygens (including phenoxy) is 2. The number of hydrogen-bond acceptors (Lipinski definition) is 4. The molecule has 0 fully saturated rings. The van der Waals surface area contributed by atoms with Crippen LogP contribution in [0.2, 0.25) is 0 Å². The van der Waals surface area contributed by atoms with Crippen LogP contribution < -0.4 is 15.2 Å².